The molecule has 1 aliphatic rings. The molecule has 3 aromatic heterocycles. The molecule has 0 saturated carbocycles. The summed E-state index contributed by atoms with van der Waals surface area (Å²) in [5.74, 6) is 0.175. The number of ether oxygens (including phenoxy) is 2. The Morgan fingerprint density at radius 2 is 1.95 bits per heavy atom. The Hall–Kier alpha value is -3.85. The van der Waals surface area contributed by atoms with Crippen LogP contribution in [0.1, 0.15) is 75.0 Å². The number of hydrogen-bond acceptors (Lipinski definition) is 7. The van der Waals surface area contributed by atoms with Gasteiger partial charge in [-0.3, -0.25) is 4.79 Å². The van der Waals surface area contributed by atoms with E-state index in [4.69, 9.17) is 13.9 Å². The maximum Gasteiger partial charge on any atom is 0.341 e. The number of esters is 1. The van der Waals surface area contributed by atoms with Crippen molar-refractivity contribution in [3.05, 3.63) is 69.0 Å². The Balaban J connectivity index is 1.39. The van der Waals surface area contributed by atoms with Crippen molar-refractivity contribution in [1.29, 1.82) is 0 Å². The van der Waals surface area contributed by atoms with Gasteiger partial charge in [-0.1, -0.05) is 0 Å². The number of amides is 1. The van der Waals surface area contributed by atoms with Crippen LogP contribution >= 0.6 is 11.3 Å². The number of fused-ring (bicyclic) bond motifs is 2. The van der Waals surface area contributed by atoms with E-state index in [1.807, 2.05) is 45.9 Å². The monoisotopic (exact) mass is 533 g/mol. The first kappa shape index (κ1) is 25.8. The molecular formula is C29H31N3O5S. The minimum Gasteiger partial charge on any atom is -0.494 e. The van der Waals surface area contributed by atoms with E-state index in [0.717, 1.165) is 64.3 Å². The lowest BCUT2D eigenvalue weighted by Gasteiger charge is -2.13. The standard InChI is InChI=1S/C29H31N3O5S/c1-5-35-21-11-12-23-19(14-21)15-24(37-23)27(33)31-30-16-20-13-17(3)32(18(20)4)28-26(29(34)36-6-2)22-9-7-8-10-25(22)38-28/h11-16H,5-10H2,1-4H3,(H,31,33)/b30-16+. The van der Waals surface area contributed by atoms with Crippen molar-refractivity contribution < 1.29 is 23.5 Å². The van der Waals surface area contributed by atoms with Crippen LogP contribution < -0.4 is 10.2 Å². The van der Waals surface area contributed by atoms with Crippen molar-refractivity contribution in [3.8, 4) is 10.8 Å². The minimum atomic E-state index is -0.445. The fraction of sp³-hybridized carbons (Fsp3) is 0.345. The highest BCUT2D eigenvalue weighted by atomic mass is 32.1. The van der Waals surface area contributed by atoms with Crippen LogP contribution in [0.15, 0.2) is 39.9 Å². The molecular weight excluding hydrogens is 502 g/mol. The quantitative estimate of drug-likeness (QED) is 0.167. The number of rotatable bonds is 8. The van der Waals surface area contributed by atoms with Crippen LogP contribution in [-0.2, 0) is 17.6 Å². The molecule has 3 heterocycles. The van der Waals surface area contributed by atoms with Crippen molar-refractivity contribution in [3.63, 3.8) is 0 Å². The van der Waals surface area contributed by atoms with Crippen LogP contribution in [-0.4, -0.2) is 35.9 Å². The Bertz CT molecular complexity index is 1540. The second kappa shape index (κ2) is 10.9. The van der Waals surface area contributed by atoms with Gasteiger partial charge in [-0.15, -0.1) is 11.3 Å². The molecule has 8 nitrogen and oxygen atoms in total. The lowest BCUT2D eigenvalue weighted by molar-refractivity contribution is 0.0525. The number of nitrogens with zero attached hydrogens (tertiary/aromatic N) is 2. The number of nitrogens with one attached hydrogen (secondary N) is 1. The molecule has 9 heteroatoms. The second-order valence-electron chi connectivity index (χ2n) is 9.22. The van der Waals surface area contributed by atoms with Crippen molar-refractivity contribution >= 4 is 40.4 Å². The topological polar surface area (TPSA) is 95.1 Å². The SMILES string of the molecule is CCOC(=O)c1c(-n2c(C)cc(/C=N/NC(=O)c3cc4cc(OCC)ccc4o3)c2C)sc2c1CCCC2. The van der Waals surface area contributed by atoms with E-state index in [1.165, 1.54) is 4.88 Å². The number of benzene rings is 1. The largest absolute Gasteiger partial charge is 0.494 e. The highest BCUT2D eigenvalue weighted by Crippen LogP contribution is 2.39. The van der Waals surface area contributed by atoms with E-state index < -0.39 is 5.91 Å². The predicted octanol–water partition coefficient (Wildman–Crippen LogP) is 6.12. The molecule has 0 fully saturated rings. The highest BCUT2D eigenvalue weighted by molar-refractivity contribution is 7.15. The zero-order chi connectivity index (χ0) is 26.8. The lowest BCUT2D eigenvalue weighted by atomic mass is 9.95. The molecule has 1 aromatic carbocycles. The van der Waals surface area contributed by atoms with Crippen molar-refractivity contribution in [2.75, 3.05) is 13.2 Å². The molecule has 0 saturated heterocycles. The maximum absolute atomic E-state index is 13.0. The maximum atomic E-state index is 13.0. The molecule has 0 aliphatic heterocycles. The molecule has 0 atom stereocenters. The third-order valence-corrected chi connectivity index (χ3v) is 7.97. The minimum absolute atomic E-state index is 0.166. The van der Waals surface area contributed by atoms with E-state index in [-0.39, 0.29) is 11.7 Å². The van der Waals surface area contributed by atoms with Gasteiger partial charge in [0.15, 0.2) is 5.76 Å². The number of carbonyl (C=O) groups is 2. The molecule has 0 bridgehead atoms. The van der Waals surface area contributed by atoms with E-state index in [9.17, 15) is 9.59 Å². The molecule has 198 valence electrons. The molecule has 0 radical (unpaired) electrons. The fourth-order valence-electron chi connectivity index (χ4n) is 4.96. The normalized spacial score (nSPS) is 13.2. The van der Waals surface area contributed by atoms with Gasteiger partial charge in [0.05, 0.1) is 25.0 Å². The van der Waals surface area contributed by atoms with Crippen molar-refractivity contribution in [2.45, 2.75) is 53.4 Å². The summed E-state index contributed by atoms with van der Waals surface area (Å²) in [6.07, 6.45) is 5.71. The van der Waals surface area contributed by atoms with Gasteiger partial charge in [-0.25, -0.2) is 10.2 Å². The summed E-state index contributed by atoms with van der Waals surface area (Å²) >= 11 is 1.67. The highest BCUT2D eigenvalue weighted by Gasteiger charge is 2.28. The first-order valence-corrected chi connectivity index (χ1v) is 13.7. The molecule has 0 spiro atoms. The summed E-state index contributed by atoms with van der Waals surface area (Å²) in [6.45, 7) is 8.63. The van der Waals surface area contributed by atoms with Gasteiger partial charge in [0.25, 0.3) is 0 Å². The van der Waals surface area contributed by atoms with Crippen LogP contribution in [0.2, 0.25) is 0 Å². The molecule has 1 amide bonds. The number of aryl methyl sites for hydroxylation is 2. The Kier molecular flexibility index (Phi) is 7.37. The van der Waals surface area contributed by atoms with Crippen molar-refractivity contribution in [2.24, 2.45) is 5.10 Å². The zero-order valence-electron chi connectivity index (χ0n) is 22.1. The Morgan fingerprint density at radius 1 is 1.13 bits per heavy atom. The van der Waals surface area contributed by atoms with E-state index in [2.05, 4.69) is 15.1 Å². The smallest absolute Gasteiger partial charge is 0.341 e. The number of hydrazone groups is 1. The van der Waals surface area contributed by atoms with Gasteiger partial charge in [-0.05, 0) is 89.3 Å². The van der Waals surface area contributed by atoms with Crippen LogP contribution in [0.25, 0.3) is 16.0 Å². The fourth-order valence-corrected chi connectivity index (χ4v) is 6.45. The van der Waals surface area contributed by atoms with Crippen LogP contribution in [0.4, 0.5) is 0 Å². The third-order valence-electron chi connectivity index (χ3n) is 6.70. The molecule has 1 aliphatic carbocycles. The molecule has 5 rings (SSSR count). The van der Waals surface area contributed by atoms with E-state index in [0.29, 0.717) is 24.4 Å². The first-order valence-electron chi connectivity index (χ1n) is 12.9. The number of thiophene rings is 1. The summed E-state index contributed by atoms with van der Waals surface area (Å²) in [4.78, 5) is 26.9. The summed E-state index contributed by atoms with van der Waals surface area (Å²) in [7, 11) is 0. The van der Waals surface area contributed by atoms with Gasteiger partial charge in [0, 0.05) is 27.2 Å². The van der Waals surface area contributed by atoms with E-state index >= 15 is 0 Å². The van der Waals surface area contributed by atoms with E-state index in [1.54, 1.807) is 29.7 Å². The van der Waals surface area contributed by atoms with Crippen LogP contribution in [0.5, 0.6) is 5.75 Å². The summed E-state index contributed by atoms with van der Waals surface area (Å²) in [5, 5.41) is 5.86. The molecule has 0 unspecified atom stereocenters. The zero-order valence-corrected chi connectivity index (χ0v) is 22.9. The molecule has 4 aromatic rings. The number of aromatic nitrogens is 1. The van der Waals surface area contributed by atoms with Gasteiger partial charge in [0.2, 0.25) is 0 Å². The van der Waals surface area contributed by atoms with Gasteiger partial charge >= 0.3 is 11.9 Å². The third kappa shape index (κ3) is 4.86. The number of furan rings is 1. The lowest BCUT2D eigenvalue weighted by Crippen LogP contribution is -2.16. The van der Waals surface area contributed by atoms with Crippen LogP contribution in [0, 0.1) is 13.8 Å². The number of hydrogen-bond donors (Lipinski definition) is 1. The summed E-state index contributed by atoms with van der Waals surface area (Å²) < 4.78 is 18.7. The average Bonchev–Trinajstić information content (AvgIpc) is 3.57. The Morgan fingerprint density at radius 3 is 2.74 bits per heavy atom. The second-order valence-corrected chi connectivity index (χ2v) is 10.3. The predicted molar refractivity (Wildman–Crippen MR) is 148 cm³/mol. The first-order chi connectivity index (χ1) is 18.4. The summed E-state index contributed by atoms with van der Waals surface area (Å²) in [5.41, 5.74) is 7.71. The van der Waals surface area contributed by atoms with Crippen molar-refractivity contribution in [1.82, 2.24) is 9.99 Å². The average molecular weight is 534 g/mol. The summed E-state index contributed by atoms with van der Waals surface area (Å²) in [6, 6.07) is 9.09. The van der Waals surface area contributed by atoms with Gasteiger partial charge in [-0.2, -0.15) is 5.10 Å². The molecule has 1 N–H and O–H groups in total. The van der Waals surface area contributed by atoms with Crippen LogP contribution in [0.3, 0.4) is 0 Å². The van der Waals surface area contributed by atoms with Gasteiger partial charge < -0.3 is 18.5 Å². The molecule has 38 heavy (non-hydrogen) atoms. The number of carbonyl (C=O) groups excluding carboxylic acids is 2. The van der Waals surface area contributed by atoms with Gasteiger partial charge in [0.1, 0.15) is 16.3 Å². The Labute approximate surface area is 225 Å².